The number of allylic oxidation sites excluding steroid dienone is 2. The van der Waals surface area contributed by atoms with E-state index in [4.69, 9.17) is 10.5 Å². The highest BCUT2D eigenvalue weighted by molar-refractivity contribution is 5.92. The number of rotatable bonds is 5. The van der Waals surface area contributed by atoms with Gasteiger partial charge in [-0.2, -0.15) is 0 Å². The summed E-state index contributed by atoms with van der Waals surface area (Å²) >= 11 is 0. The number of guanidine groups is 1. The molecule has 3 atom stereocenters. The zero-order valence-corrected chi connectivity index (χ0v) is 13.2. The van der Waals surface area contributed by atoms with Crippen molar-refractivity contribution in [1.82, 2.24) is 0 Å². The molecule has 22 heavy (non-hydrogen) atoms. The summed E-state index contributed by atoms with van der Waals surface area (Å²) in [6.07, 6.45) is 8.69. The second-order valence-electron chi connectivity index (χ2n) is 6.32. The Morgan fingerprint density at radius 1 is 1.32 bits per heavy atom. The van der Waals surface area contributed by atoms with Crippen LogP contribution in [0.2, 0.25) is 0 Å². The first kappa shape index (κ1) is 15.1. The van der Waals surface area contributed by atoms with E-state index in [1.165, 1.54) is 19.3 Å². The second-order valence-corrected chi connectivity index (χ2v) is 6.32. The van der Waals surface area contributed by atoms with E-state index in [1.807, 2.05) is 24.3 Å². The first-order valence-electron chi connectivity index (χ1n) is 8.08. The van der Waals surface area contributed by atoms with Crippen LogP contribution in [0.1, 0.15) is 24.8 Å². The molecular formula is C18H25N3O. The minimum absolute atomic E-state index is 0.494. The van der Waals surface area contributed by atoms with E-state index in [0.29, 0.717) is 24.4 Å². The van der Waals surface area contributed by atoms with E-state index in [1.54, 1.807) is 7.11 Å². The van der Waals surface area contributed by atoms with Crippen LogP contribution in [0.25, 0.3) is 0 Å². The molecular weight excluding hydrogens is 274 g/mol. The molecule has 4 rings (SSSR count). The lowest BCUT2D eigenvalue weighted by Crippen LogP contribution is -2.31. The molecule has 3 aliphatic rings. The van der Waals surface area contributed by atoms with Gasteiger partial charge in [0.15, 0.2) is 5.96 Å². The number of fused-ring (bicyclic) bond motifs is 2. The van der Waals surface area contributed by atoms with Crippen LogP contribution in [0.5, 0.6) is 0 Å². The first-order chi connectivity index (χ1) is 10.8. The molecule has 3 N–H and O–H groups in total. The molecule has 1 aromatic carbocycles. The summed E-state index contributed by atoms with van der Waals surface area (Å²) in [6, 6.07) is 8.02. The van der Waals surface area contributed by atoms with Gasteiger partial charge in [0.25, 0.3) is 0 Å². The SMILES string of the molecule is COCc1ccccc1NC(N)=NCC1CC2C=CC1CC2. The molecule has 2 bridgehead atoms. The van der Waals surface area contributed by atoms with Gasteiger partial charge >= 0.3 is 0 Å². The third-order valence-electron chi connectivity index (χ3n) is 4.79. The summed E-state index contributed by atoms with van der Waals surface area (Å²) in [5.74, 6) is 2.61. The number of hydrogen-bond donors (Lipinski definition) is 2. The molecule has 4 nitrogen and oxygen atoms in total. The van der Waals surface area contributed by atoms with Gasteiger partial charge in [0.1, 0.15) is 0 Å². The van der Waals surface area contributed by atoms with Gasteiger partial charge in [-0.05, 0) is 43.1 Å². The molecule has 0 saturated heterocycles. The molecule has 0 radical (unpaired) electrons. The molecule has 0 aliphatic heterocycles. The largest absolute Gasteiger partial charge is 0.380 e. The Hall–Kier alpha value is -1.81. The number of nitrogens with one attached hydrogen (secondary N) is 1. The number of ether oxygens (including phenoxy) is 1. The lowest BCUT2D eigenvalue weighted by Gasteiger charge is -2.37. The molecule has 1 aromatic rings. The van der Waals surface area contributed by atoms with E-state index < -0.39 is 0 Å². The predicted molar refractivity (Wildman–Crippen MR) is 90.7 cm³/mol. The van der Waals surface area contributed by atoms with Gasteiger partial charge in [-0.15, -0.1) is 0 Å². The maximum Gasteiger partial charge on any atom is 0.193 e. The van der Waals surface area contributed by atoms with Crippen molar-refractivity contribution in [3.8, 4) is 0 Å². The molecule has 0 heterocycles. The Balaban J connectivity index is 1.60. The third-order valence-corrected chi connectivity index (χ3v) is 4.79. The Bertz CT molecular complexity index is 567. The molecule has 4 heteroatoms. The van der Waals surface area contributed by atoms with Crippen molar-refractivity contribution in [2.75, 3.05) is 19.0 Å². The number of anilines is 1. The fourth-order valence-electron chi connectivity index (χ4n) is 3.58. The fraction of sp³-hybridized carbons (Fsp3) is 0.500. The number of aliphatic imine (C=N–C) groups is 1. The average molecular weight is 299 g/mol. The van der Waals surface area contributed by atoms with Gasteiger partial charge in [-0.3, -0.25) is 4.99 Å². The number of nitrogens with zero attached hydrogens (tertiary/aromatic N) is 1. The first-order valence-corrected chi connectivity index (χ1v) is 8.08. The normalized spacial score (nSPS) is 27.1. The van der Waals surface area contributed by atoms with Crippen molar-refractivity contribution in [1.29, 1.82) is 0 Å². The average Bonchev–Trinajstić information content (AvgIpc) is 2.56. The maximum atomic E-state index is 6.07. The Labute approximate surface area is 132 Å². The summed E-state index contributed by atoms with van der Waals surface area (Å²) in [6.45, 7) is 1.38. The van der Waals surface area contributed by atoms with Crippen LogP contribution in [0, 0.1) is 17.8 Å². The highest BCUT2D eigenvalue weighted by Gasteiger charge is 2.31. The molecule has 1 saturated carbocycles. The summed E-state index contributed by atoms with van der Waals surface area (Å²) in [5, 5.41) is 3.21. The molecule has 0 aromatic heterocycles. The topological polar surface area (TPSA) is 59.6 Å². The molecule has 0 spiro atoms. The number of hydrogen-bond acceptors (Lipinski definition) is 2. The number of benzene rings is 1. The second kappa shape index (κ2) is 6.97. The van der Waals surface area contributed by atoms with Gasteiger partial charge in [0.2, 0.25) is 0 Å². The molecule has 118 valence electrons. The number of methoxy groups -OCH3 is 1. The van der Waals surface area contributed by atoms with Crippen LogP contribution in [-0.4, -0.2) is 19.6 Å². The van der Waals surface area contributed by atoms with E-state index in [-0.39, 0.29) is 0 Å². The summed E-state index contributed by atoms with van der Waals surface area (Å²) in [4.78, 5) is 4.57. The van der Waals surface area contributed by atoms with Gasteiger partial charge < -0.3 is 15.8 Å². The van der Waals surface area contributed by atoms with Gasteiger partial charge in [-0.25, -0.2) is 0 Å². The molecule has 3 aliphatic carbocycles. The monoisotopic (exact) mass is 299 g/mol. The van der Waals surface area contributed by atoms with Gasteiger partial charge in [0.05, 0.1) is 6.61 Å². The van der Waals surface area contributed by atoms with Crippen molar-refractivity contribution < 1.29 is 4.74 Å². The Morgan fingerprint density at radius 3 is 2.86 bits per heavy atom. The van der Waals surface area contributed by atoms with E-state index in [9.17, 15) is 0 Å². The zero-order valence-electron chi connectivity index (χ0n) is 13.2. The Kier molecular flexibility index (Phi) is 4.78. The smallest absolute Gasteiger partial charge is 0.193 e. The quantitative estimate of drug-likeness (QED) is 0.499. The van der Waals surface area contributed by atoms with Crippen LogP contribution in [-0.2, 0) is 11.3 Å². The third kappa shape index (κ3) is 3.50. The van der Waals surface area contributed by atoms with E-state index in [2.05, 4.69) is 22.5 Å². The fourth-order valence-corrected chi connectivity index (χ4v) is 3.58. The van der Waals surface area contributed by atoms with Crippen molar-refractivity contribution >= 4 is 11.6 Å². The minimum atomic E-state index is 0.494. The maximum absolute atomic E-state index is 6.07. The van der Waals surface area contributed by atoms with Crippen LogP contribution < -0.4 is 11.1 Å². The highest BCUT2D eigenvalue weighted by Crippen LogP contribution is 2.40. The summed E-state index contributed by atoms with van der Waals surface area (Å²) in [7, 11) is 1.69. The van der Waals surface area contributed by atoms with E-state index in [0.717, 1.165) is 23.7 Å². The standard InChI is InChI=1S/C18H25N3O/c1-22-12-15-4-2-3-5-17(15)21-18(19)20-11-16-10-13-6-8-14(16)9-7-13/h2-6,8,13-14,16H,7,9-12H2,1H3,(H3,19,20,21). The lowest BCUT2D eigenvalue weighted by molar-refractivity contribution is 0.185. The van der Waals surface area contributed by atoms with E-state index >= 15 is 0 Å². The zero-order chi connectivity index (χ0) is 15.4. The van der Waals surface area contributed by atoms with Gasteiger partial charge in [0, 0.05) is 24.9 Å². The number of nitrogens with two attached hydrogens (primary N) is 1. The van der Waals surface area contributed by atoms with Crippen LogP contribution >= 0.6 is 0 Å². The molecule has 3 unspecified atom stereocenters. The van der Waals surface area contributed by atoms with Crippen LogP contribution in [0.3, 0.4) is 0 Å². The lowest BCUT2D eigenvalue weighted by atomic mass is 9.69. The van der Waals surface area contributed by atoms with Crippen molar-refractivity contribution in [3.05, 3.63) is 42.0 Å². The van der Waals surface area contributed by atoms with Crippen molar-refractivity contribution in [3.63, 3.8) is 0 Å². The minimum Gasteiger partial charge on any atom is -0.380 e. The van der Waals surface area contributed by atoms with Crippen LogP contribution in [0.15, 0.2) is 41.4 Å². The highest BCUT2D eigenvalue weighted by atomic mass is 16.5. The molecule has 1 fully saturated rings. The van der Waals surface area contributed by atoms with Crippen LogP contribution in [0.4, 0.5) is 5.69 Å². The summed E-state index contributed by atoms with van der Waals surface area (Å²) in [5.41, 5.74) is 8.12. The Morgan fingerprint density at radius 2 is 2.18 bits per heavy atom. The van der Waals surface area contributed by atoms with Crippen molar-refractivity contribution in [2.24, 2.45) is 28.5 Å². The number of para-hydroxylation sites is 1. The predicted octanol–water partition coefficient (Wildman–Crippen LogP) is 3.16. The molecule has 0 amide bonds. The van der Waals surface area contributed by atoms with Crippen molar-refractivity contribution in [2.45, 2.75) is 25.9 Å². The van der Waals surface area contributed by atoms with Gasteiger partial charge in [-0.1, -0.05) is 30.4 Å². The summed E-state index contributed by atoms with van der Waals surface area (Å²) < 4.78 is 5.21.